The first-order chi connectivity index (χ1) is 7.69. The fourth-order valence-electron chi connectivity index (χ4n) is 2.49. The van der Waals surface area contributed by atoms with Crippen molar-refractivity contribution in [3.8, 4) is 0 Å². The van der Waals surface area contributed by atoms with Crippen molar-refractivity contribution in [1.29, 1.82) is 0 Å². The lowest BCUT2D eigenvalue weighted by Crippen LogP contribution is -2.60. The van der Waals surface area contributed by atoms with Gasteiger partial charge in [-0.3, -0.25) is 4.90 Å². The van der Waals surface area contributed by atoms with Crippen molar-refractivity contribution < 1.29 is 17.9 Å². The predicted octanol–water partition coefficient (Wildman–Crippen LogP) is 1.77. The molecule has 3 atom stereocenters. The van der Waals surface area contributed by atoms with Gasteiger partial charge in [0.1, 0.15) is 6.04 Å². The van der Waals surface area contributed by atoms with E-state index in [0.29, 0.717) is 13.0 Å². The molecule has 0 saturated carbocycles. The number of piperidine rings is 1. The van der Waals surface area contributed by atoms with Crippen LogP contribution >= 0.6 is 0 Å². The van der Waals surface area contributed by atoms with Gasteiger partial charge in [0.2, 0.25) is 0 Å². The van der Waals surface area contributed by atoms with Gasteiger partial charge in [-0.05, 0) is 33.2 Å². The molecular weight excluding hydrogens is 233 g/mol. The number of methoxy groups -OCH3 is 1. The lowest BCUT2D eigenvalue weighted by molar-refractivity contribution is -0.201. The van der Waals surface area contributed by atoms with E-state index in [9.17, 15) is 13.2 Å². The first-order valence-corrected chi connectivity index (χ1v) is 5.81. The zero-order valence-corrected chi connectivity index (χ0v) is 10.5. The van der Waals surface area contributed by atoms with E-state index >= 15 is 0 Å². The number of rotatable bonds is 3. The highest BCUT2D eigenvalue weighted by Gasteiger charge is 2.48. The number of alkyl halides is 3. The summed E-state index contributed by atoms with van der Waals surface area (Å²) in [6.45, 7) is 3.94. The van der Waals surface area contributed by atoms with Crippen LogP contribution in [0.4, 0.5) is 13.2 Å². The second-order valence-corrected chi connectivity index (χ2v) is 5.07. The number of likely N-dealkylation sites (tertiary alicyclic amines) is 1. The summed E-state index contributed by atoms with van der Waals surface area (Å²) in [5, 5.41) is 0. The molecule has 0 aromatic carbocycles. The van der Waals surface area contributed by atoms with E-state index in [1.807, 2.05) is 6.92 Å². The Balaban J connectivity index is 2.82. The molecule has 1 saturated heterocycles. The summed E-state index contributed by atoms with van der Waals surface area (Å²) in [7, 11) is 1.54. The van der Waals surface area contributed by atoms with Gasteiger partial charge in [-0.25, -0.2) is 0 Å². The summed E-state index contributed by atoms with van der Waals surface area (Å²) in [6, 6.07) is -2.52. The molecule has 3 nitrogen and oxygen atoms in total. The monoisotopic (exact) mass is 254 g/mol. The molecule has 0 amide bonds. The van der Waals surface area contributed by atoms with Gasteiger partial charge in [0.15, 0.2) is 0 Å². The maximum atomic E-state index is 12.9. The van der Waals surface area contributed by atoms with Crippen molar-refractivity contribution in [2.45, 2.75) is 50.6 Å². The van der Waals surface area contributed by atoms with E-state index in [4.69, 9.17) is 10.5 Å². The van der Waals surface area contributed by atoms with Gasteiger partial charge in [0, 0.05) is 19.7 Å². The SMILES string of the molecule is COC1(C)CCCN(C(C(C)N)C(F)(F)F)C1. The summed E-state index contributed by atoms with van der Waals surface area (Å²) in [4.78, 5) is 1.40. The first-order valence-electron chi connectivity index (χ1n) is 5.81. The molecule has 0 bridgehead atoms. The van der Waals surface area contributed by atoms with Gasteiger partial charge in [-0.15, -0.1) is 0 Å². The van der Waals surface area contributed by atoms with Crippen LogP contribution in [0.2, 0.25) is 0 Å². The van der Waals surface area contributed by atoms with Crippen molar-refractivity contribution in [2.24, 2.45) is 5.73 Å². The Morgan fingerprint density at radius 1 is 1.41 bits per heavy atom. The van der Waals surface area contributed by atoms with E-state index < -0.39 is 23.9 Å². The number of hydrogen-bond acceptors (Lipinski definition) is 3. The summed E-state index contributed by atoms with van der Waals surface area (Å²) >= 11 is 0. The van der Waals surface area contributed by atoms with E-state index in [2.05, 4.69) is 0 Å². The molecule has 6 heteroatoms. The second kappa shape index (κ2) is 5.12. The fraction of sp³-hybridized carbons (Fsp3) is 1.00. The smallest absolute Gasteiger partial charge is 0.377 e. The Morgan fingerprint density at radius 3 is 2.41 bits per heavy atom. The molecule has 1 aliphatic rings. The minimum absolute atomic E-state index is 0.273. The highest BCUT2D eigenvalue weighted by Crippen LogP contribution is 2.32. The maximum absolute atomic E-state index is 12.9. The van der Waals surface area contributed by atoms with Gasteiger partial charge in [0.25, 0.3) is 0 Å². The van der Waals surface area contributed by atoms with Crippen LogP contribution in [0.15, 0.2) is 0 Å². The predicted molar refractivity (Wildman–Crippen MR) is 59.7 cm³/mol. The van der Waals surface area contributed by atoms with Crippen molar-refractivity contribution in [1.82, 2.24) is 4.90 Å². The molecule has 102 valence electrons. The first kappa shape index (κ1) is 14.7. The number of halogens is 3. The molecule has 17 heavy (non-hydrogen) atoms. The van der Waals surface area contributed by atoms with E-state index in [-0.39, 0.29) is 6.54 Å². The third-order valence-electron chi connectivity index (χ3n) is 3.41. The molecule has 1 rings (SSSR count). The van der Waals surface area contributed by atoms with Crippen LogP contribution in [0.25, 0.3) is 0 Å². The van der Waals surface area contributed by atoms with E-state index in [0.717, 1.165) is 6.42 Å². The van der Waals surface area contributed by atoms with E-state index in [1.54, 1.807) is 0 Å². The second-order valence-electron chi connectivity index (χ2n) is 5.07. The van der Waals surface area contributed by atoms with Gasteiger partial charge in [0.05, 0.1) is 5.60 Å². The van der Waals surface area contributed by atoms with Crippen LogP contribution in [0, 0.1) is 0 Å². The Kier molecular flexibility index (Phi) is 4.43. The topological polar surface area (TPSA) is 38.5 Å². The van der Waals surface area contributed by atoms with Gasteiger partial charge in [-0.2, -0.15) is 13.2 Å². The van der Waals surface area contributed by atoms with Crippen LogP contribution < -0.4 is 5.73 Å². The van der Waals surface area contributed by atoms with Crippen LogP contribution in [0.3, 0.4) is 0 Å². The lowest BCUT2D eigenvalue weighted by Gasteiger charge is -2.44. The van der Waals surface area contributed by atoms with Gasteiger partial charge < -0.3 is 10.5 Å². The molecule has 0 radical (unpaired) electrons. The lowest BCUT2D eigenvalue weighted by atomic mass is 9.92. The largest absolute Gasteiger partial charge is 0.405 e. The summed E-state index contributed by atoms with van der Waals surface area (Å²) in [6.07, 6.45) is -2.81. The van der Waals surface area contributed by atoms with Crippen LogP contribution in [0.5, 0.6) is 0 Å². The Labute approximate surface area is 100 Å². The molecule has 1 heterocycles. The van der Waals surface area contributed by atoms with Crippen molar-refractivity contribution in [2.75, 3.05) is 20.2 Å². The fourth-order valence-corrected chi connectivity index (χ4v) is 2.49. The number of nitrogens with zero attached hydrogens (tertiary/aromatic N) is 1. The Bertz CT molecular complexity index is 258. The minimum Gasteiger partial charge on any atom is -0.377 e. The van der Waals surface area contributed by atoms with Crippen molar-refractivity contribution >= 4 is 0 Å². The summed E-state index contributed by atoms with van der Waals surface area (Å²) < 4.78 is 44.1. The molecule has 0 spiro atoms. The standard InChI is InChI=1S/C11H21F3N2O/c1-8(15)9(11(12,13)14)16-6-4-5-10(2,7-16)17-3/h8-9H,4-7,15H2,1-3H3. The highest BCUT2D eigenvalue weighted by molar-refractivity contribution is 4.93. The van der Waals surface area contributed by atoms with Gasteiger partial charge in [-0.1, -0.05) is 0 Å². The van der Waals surface area contributed by atoms with Crippen LogP contribution in [-0.4, -0.2) is 49.0 Å². The molecule has 2 N–H and O–H groups in total. The Hall–Kier alpha value is -0.330. The maximum Gasteiger partial charge on any atom is 0.405 e. The molecule has 1 aliphatic heterocycles. The van der Waals surface area contributed by atoms with Crippen molar-refractivity contribution in [3.63, 3.8) is 0 Å². The third kappa shape index (κ3) is 3.56. The van der Waals surface area contributed by atoms with Crippen molar-refractivity contribution in [3.05, 3.63) is 0 Å². The summed E-state index contributed by atoms with van der Waals surface area (Å²) in [5.74, 6) is 0. The molecule has 1 fully saturated rings. The molecule has 0 aliphatic carbocycles. The highest BCUT2D eigenvalue weighted by atomic mass is 19.4. The quantitative estimate of drug-likeness (QED) is 0.834. The number of nitrogens with two attached hydrogens (primary N) is 1. The Morgan fingerprint density at radius 2 is 2.00 bits per heavy atom. The van der Waals surface area contributed by atoms with Crippen LogP contribution in [-0.2, 0) is 4.74 Å². The third-order valence-corrected chi connectivity index (χ3v) is 3.41. The molecule has 0 aromatic rings. The zero-order chi connectivity index (χ0) is 13.3. The summed E-state index contributed by atoms with van der Waals surface area (Å²) in [5.41, 5.74) is 4.98. The molecule has 3 unspecified atom stereocenters. The average molecular weight is 254 g/mol. The van der Waals surface area contributed by atoms with E-state index in [1.165, 1.54) is 18.9 Å². The normalized spacial score (nSPS) is 31.2. The minimum atomic E-state index is -4.29. The average Bonchev–Trinajstić information content (AvgIpc) is 2.15. The number of hydrogen-bond donors (Lipinski definition) is 1. The van der Waals surface area contributed by atoms with Gasteiger partial charge >= 0.3 is 6.18 Å². The molecular formula is C11H21F3N2O. The van der Waals surface area contributed by atoms with Crippen LogP contribution in [0.1, 0.15) is 26.7 Å². The zero-order valence-electron chi connectivity index (χ0n) is 10.5. The molecule has 0 aromatic heterocycles. The number of ether oxygens (including phenoxy) is 1.